The molecule has 1 amide bonds. The molecular formula is C18H21Cl2N3O3S. The van der Waals surface area contributed by atoms with Gasteiger partial charge in [-0.05, 0) is 43.2 Å². The van der Waals surface area contributed by atoms with E-state index >= 15 is 0 Å². The number of hydrogen-bond acceptors (Lipinski definition) is 3. The van der Waals surface area contributed by atoms with Crippen molar-refractivity contribution in [2.45, 2.75) is 13.8 Å². The molecule has 0 aromatic heterocycles. The van der Waals surface area contributed by atoms with Crippen LogP contribution < -0.4 is 9.62 Å². The Morgan fingerprint density at radius 1 is 1.07 bits per heavy atom. The molecule has 0 heterocycles. The monoisotopic (exact) mass is 429 g/mol. The Bertz CT molecular complexity index is 942. The zero-order valence-electron chi connectivity index (χ0n) is 15.5. The van der Waals surface area contributed by atoms with Crippen LogP contribution in [0.15, 0.2) is 36.4 Å². The Morgan fingerprint density at radius 2 is 1.67 bits per heavy atom. The minimum absolute atomic E-state index is 0.244. The van der Waals surface area contributed by atoms with Crippen LogP contribution in [0.3, 0.4) is 0 Å². The largest absolute Gasteiger partial charge is 0.322 e. The van der Waals surface area contributed by atoms with Crippen LogP contribution in [0.2, 0.25) is 10.0 Å². The number of aryl methyl sites for hydroxylation is 2. The Morgan fingerprint density at radius 3 is 2.22 bits per heavy atom. The van der Waals surface area contributed by atoms with E-state index in [1.165, 1.54) is 14.1 Å². The van der Waals surface area contributed by atoms with Gasteiger partial charge in [-0.15, -0.1) is 0 Å². The lowest BCUT2D eigenvalue weighted by Gasteiger charge is -2.28. The third-order valence-electron chi connectivity index (χ3n) is 3.89. The Labute approximate surface area is 169 Å². The summed E-state index contributed by atoms with van der Waals surface area (Å²) in [5.74, 6) is -0.559. The normalized spacial score (nSPS) is 11.5. The van der Waals surface area contributed by atoms with E-state index in [0.29, 0.717) is 5.69 Å². The highest BCUT2D eigenvalue weighted by atomic mass is 35.5. The quantitative estimate of drug-likeness (QED) is 0.757. The predicted octanol–water partition coefficient (Wildman–Crippen LogP) is 3.86. The SMILES string of the molecule is Cc1ccc(C)c(N(CC(=O)Nc2c(Cl)cccc2Cl)S(=O)(=O)N(C)C)c1. The van der Waals surface area contributed by atoms with Gasteiger partial charge in [-0.2, -0.15) is 12.7 Å². The van der Waals surface area contributed by atoms with E-state index in [1.807, 2.05) is 19.1 Å². The van der Waals surface area contributed by atoms with E-state index in [0.717, 1.165) is 19.7 Å². The topological polar surface area (TPSA) is 69.7 Å². The summed E-state index contributed by atoms with van der Waals surface area (Å²) in [7, 11) is -1.07. The van der Waals surface area contributed by atoms with Crippen LogP contribution in [-0.4, -0.2) is 39.3 Å². The molecule has 0 fully saturated rings. The third kappa shape index (κ3) is 4.93. The average Bonchev–Trinajstić information content (AvgIpc) is 2.58. The number of halogens is 2. The van der Waals surface area contributed by atoms with Gasteiger partial charge in [0.1, 0.15) is 6.54 Å². The number of para-hydroxylation sites is 1. The van der Waals surface area contributed by atoms with Gasteiger partial charge in [0, 0.05) is 14.1 Å². The van der Waals surface area contributed by atoms with E-state index in [1.54, 1.807) is 31.2 Å². The fourth-order valence-electron chi connectivity index (χ4n) is 2.40. The number of nitrogens with one attached hydrogen (secondary N) is 1. The second kappa shape index (κ2) is 8.48. The molecule has 0 saturated heterocycles. The minimum atomic E-state index is -3.90. The minimum Gasteiger partial charge on any atom is -0.322 e. The highest BCUT2D eigenvalue weighted by Crippen LogP contribution is 2.30. The first kappa shape index (κ1) is 21.5. The summed E-state index contributed by atoms with van der Waals surface area (Å²) in [6, 6.07) is 10.2. The fraction of sp³-hybridized carbons (Fsp3) is 0.278. The maximum atomic E-state index is 12.8. The smallest absolute Gasteiger partial charge is 0.304 e. The maximum absolute atomic E-state index is 12.8. The van der Waals surface area contributed by atoms with Crippen molar-refractivity contribution in [1.29, 1.82) is 0 Å². The first-order valence-electron chi connectivity index (χ1n) is 8.05. The number of nitrogens with zero attached hydrogens (tertiary/aromatic N) is 2. The molecule has 2 rings (SSSR count). The van der Waals surface area contributed by atoms with Gasteiger partial charge in [-0.1, -0.05) is 41.4 Å². The number of rotatable bonds is 6. The molecule has 0 atom stereocenters. The van der Waals surface area contributed by atoms with Crippen LogP contribution in [0.5, 0.6) is 0 Å². The van der Waals surface area contributed by atoms with E-state index in [-0.39, 0.29) is 15.7 Å². The number of amides is 1. The molecule has 0 aliphatic carbocycles. The molecule has 0 unspecified atom stereocenters. The van der Waals surface area contributed by atoms with Crippen molar-refractivity contribution in [3.63, 3.8) is 0 Å². The summed E-state index contributed by atoms with van der Waals surface area (Å²) >= 11 is 12.1. The lowest BCUT2D eigenvalue weighted by molar-refractivity contribution is -0.114. The molecule has 146 valence electrons. The second-order valence-electron chi connectivity index (χ2n) is 6.23. The molecule has 0 saturated carbocycles. The van der Waals surface area contributed by atoms with Gasteiger partial charge in [0.15, 0.2) is 0 Å². The van der Waals surface area contributed by atoms with Crippen LogP contribution in [0.1, 0.15) is 11.1 Å². The van der Waals surface area contributed by atoms with Gasteiger partial charge in [0.25, 0.3) is 0 Å². The lowest BCUT2D eigenvalue weighted by Crippen LogP contribution is -2.44. The van der Waals surface area contributed by atoms with Crippen molar-refractivity contribution in [2.24, 2.45) is 0 Å². The molecule has 9 heteroatoms. The van der Waals surface area contributed by atoms with Crippen molar-refractivity contribution in [3.8, 4) is 0 Å². The summed E-state index contributed by atoms with van der Waals surface area (Å²) < 4.78 is 27.8. The van der Waals surface area contributed by atoms with Gasteiger partial charge in [-0.3, -0.25) is 4.79 Å². The summed E-state index contributed by atoms with van der Waals surface area (Å²) in [6.07, 6.45) is 0. The summed E-state index contributed by atoms with van der Waals surface area (Å²) in [4.78, 5) is 12.6. The molecule has 6 nitrogen and oxygen atoms in total. The van der Waals surface area contributed by atoms with Crippen molar-refractivity contribution in [1.82, 2.24) is 4.31 Å². The molecule has 0 spiro atoms. The first-order valence-corrected chi connectivity index (χ1v) is 10.2. The number of anilines is 2. The molecule has 0 radical (unpaired) electrons. The van der Waals surface area contributed by atoms with Crippen LogP contribution >= 0.6 is 23.2 Å². The van der Waals surface area contributed by atoms with Gasteiger partial charge < -0.3 is 5.32 Å². The van der Waals surface area contributed by atoms with Crippen molar-refractivity contribution >= 4 is 50.7 Å². The number of carbonyl (C=O) groups is 1. The van der Waals surface area contributed by atoms with E-state index in [9.17, 15) is 13.2 Å². The van der Waals surface area contributed by atoms with Gasteiger partial charge in [-0.25, -0.2) is 4.31 Å². The third-order valence-corrected chi connectivity index (χ3v) is 6.32. The first-order chi connectivity index (χ1) is 12.5. The predicted molar refractivity (Wildman–Crippen MR) is 111 cm³/mol. The maximum Gasteiger partial charge on any atom is 0.304 e. The molecule has 2 aromatic carbocycles. The van der Waals surface area contributed by atoms with Crippen molar-refractivity contribution in [2.75, 3.05) is 30.3 Å². The van der Waals surface area contributed by atoms with E-state index in [4.69, 9.17) is 23.2 Å². The highest BCUT2D eigenvalue weighted by Gasteiger charge is 2.28. The average molecular weight is 430 g/mol. The second-order valence-corrected chi connectivity index (χ2v) is 9.11. The number of carbonyl (C=O) groups excluding carboxylic acids is 1. The van der Waals surface area contributed by atoms with Crippen molar-refractivity contribution in [3.05, 3.63) is 57.6 Å². The highest BCUT2D eigenvalue weighted by molar-refractivity contribution is 7.90. The summed E-state index contributed by atoms with van der Waals surface area (Å²) in [5, 5.41) is 3.13. The standard InChI is InChI=1S/C18H21Cl2N3O3S/c1-12-8-9-13(2)16(10-12)23(27(25,26)22(3)4)11-17(24)21-18-14(19)6-5-7-15(18)20/h5-10H,11H2,1-4H3,(H,21,24). The van der Waals surface area contributed by atoms with E-state index < -0.39 is 22.7 Å². The summed E-state index contributed by atoms with van der Waals surface area (Å²) in [5.41, 5.74) is 2.29. The zero-order chi connectivity index (χ0) is 20.4. The molecule has 0 aliphatic rings. The molecule has 27 heavy (non-hydrogen) atoms. The zero-order valence-corrected chi connectivity index (χ0v) is 17.8. The Kier molecular flexibility index (Phi) is 6.75. The molecule has 2 aromatic rings. The van der Waals surface area contributed by atoms with Crippen molar-refractivity contribution < 1.29 is 13.2 Å². The van der Waals surface area contributed by atoms with Gasteiger partial charge in [0.05, 0.1) is 21.4 Å². The van der Waals surface area contributed by atoms with Crippen LogP contribution in [0.25, 0.3) is 0 Å². The van der Waals surface area contributed by atoms with Gasteiger partial charge in [0.2, 0.25) is 5.91 Å². The lowest BCUT2D eigenvalue weighted by atomic mass is 10.1. The number of hydrogen-bond donors (Lipinski definition) is 1. The van der Waals surface area contributed by atoms with Crippen LogP contribution in [0, 0.1) is 13.8 Å². The Balaban J connectivity index is 2.41. The summed E-state index contributed by atoms with van der Waals surface area (Å²) in [6.45, 7) is 3.22. The Hall–Kier alpha value is -1.80. The molecular weight excluding hydrogens is 409 g/mol. The van der Waals surface area contributed by atoms with Gasteiger partial charge >= 0.3 is 10.2 Å². The number of benzene rings is 2. The van der Waals surface area contributed by atoms with Crippen LogP contribution in [0.4, 0.5) is 11.4 Å². The molecule has 0 aliphatic heterocycles. The van der Waals surface area contributed by atoms with Crippen LogP contribution in [-0.2, 0) is 15.0 Å². The van der Waals surface area contributed by atoms with E-state index in [2.05, 4.69) is 5.32 Å². The molecule has 1 N–H and O–H groups in total. The molecule has 0 bridgehead atoms. The fourth-order valence-corrected chi connectivity index (χ4v) is 4.01.